The molecule has 0 atom stereocenters. The minimum Gasteiger partial charge on any atom is -0.322 e. The number of nitrogens with zero attached hydrogens (tertiary/aromatic N) is 3. The summed E-state index contributed by atoms with van der Waals surface area (Å²) >= 11 is 0. The molecule has 0 saturated carbocycles. The van der Waals surface area contributed by atoms with Gasteiger partial charge in [0.05, 0.1) is 22.8 Å². The summed E-state index contributed by atoms with van der Waals surface area (Å²) in [6.07, 6.45) is 3.08. The van der Waals surface area contributed by atoms with Crippen LogP contribution >= 0.6 is 0 Å². The molecule has 30 heavy (non-hydrogen) atoms. The van der Waals surface area contributed by atoms with Gasteiger partial charge in [-0.25, -0.2) is 4.98 Å². The van der Waals surface area contributed by atoms with Crippen molar-refractivity contribution in [1.29, 1.82) is 0 Å². The van der Waals surface area contributed by atoms with Crippen LogP contribution < -0.4 is 16.4 Å². The Bertz CT molecular complexity index is 1400. The highest BCUT2D eigenvalue weighted by Crippen LogP contribution is 2.19. The number of aryl methyl sites for hydroxylation is 1. The lowest BCUT2D eigenvalue weighted by Gasteiger charge is -2.14. The molecule has 0 aliphatic rings. The van der Waals surface area contributed by atoms with Gasteiger partial charge in [0.25, 0.3) is 17.0 Å². The lowest BCUT2D eigenvalue weighted by molar-refractivity contribution is 0.102. The molecule has 2 heterocycles. The Balaban J connectivity index is 1.79. The molecule has 1 N–H and O–H groups in total. The third-order valence-corrected chi connectivity index (χ3v) is 4.98. The second-order valence-electron chi connectivity index (χ2n) is 7.79. The predicted octanol–water partition coefficient (Wildman–Crippen LogP) is 3.16. The molecule has 0 bridgehead atoms. The van der Waals surface area contributed by atoms with Crippen molar-refractivity contribution in [2.24, 2.45) is 13.0 Å². The fourth-order valence-corrected chi connectivity index (χ4v) is 3.54. The number of fused-ring (bicyclic) bond motifs is 2. The van der Waals surface area contributed by atoms with E-state index in [1.807, 2.05) is 13.8 Å². The molecule has 0 aliphatic carbocycles. The number of carbonyl (C=O) groups is 1. The molecule has 0 radical (unpaired) electrons. The first kappa shape index (κ1) is 19.6. The summed E-state index contributed by atoms with van der Waals surface area (Å²) in [5.41, 5.74) is 1.16. The maximum atomic E-state index is 13.1. The Labute approximate surface area is 172 Å². The van der Waals surface area contributed by atoms with Gasteiger partial charge in [-0.1, -0.05) is 32.0 Å². The number of carbonyl (C=O) groups excluding carboxylic acids is 1. The zero-order chi connectivity index (χ0) is 21.4. The number of anilines is 1. The first-order chi connectivity index (χ1) is 14.3. The summed E-state index contributed by atoms with van der Waals surface area (Å²) in [6.45, 7) is 4.55. The number of aromatic nitrogens is 3. The molecule has 152 valence electrons. The van der Waals surface area contributed by atoms with E-state index in [4.69, 9.17) is 0 Å². The van der Waals surface area contributed by atoms with Gasteiger partial charge in [-0.15, -0.1) is 0 Å². The molecule has 1 amide bonds. The van der Waals surface area contributed by atoms with Crippen LogP contribution in [0.3, 0.4) is 0 Å². The second kappa shape index (κ2) is 7.59. The van der Waals surface area contributed by atoms with Crippen LogP contribution in [0.2, 0.25) is 0 Å². The lowest BCUT2D eigenvalue weighted by Crippen LogP contribution is -2.25. The first-order valence-electron chi connectivity index (χ1n) is 9.74. The van der Waals surface area contributed by atoms with Crippen molar-refractivity contribution in [3.05, 3.63) is 81.3 Å². The van der Waals surface area contributed by atoms with Crippen LogP contribution in [0.4, 0.5) is 5.69 Å². The molecule has 4 aromatic rings. The van der Waals surface area contributed by atoms with Gasteiger partial charge in [-0.3, -0.25) is 14.4 Å². The number of amides is 1. The SMILES string of the molecule is CC(C)Cn1cc(C(=O)Nc2ccc3ncn(C)c(=O)c3c2)c2ccccc2c1=O. The Kier molecular flexibility index (Phi) is 4.95. The van der Waals surface area contributed by atoms with Crippen molar-refractivity contribution in [1.82, 2.24) is 14.1 Å². The van der Waals surface area contributed by atoms with Gasteiger partial charge in [0.1, 0.15) is 0 Å². The maximum absolute atomic E-state index is 13.1. The molecular weight excluding hydrogens is 380 g/mol. The predicted molar refractivity (Wildman–Crippen MR) is 118 cm³/mol. The van der Waals surface area contributed by atoms with Crippen molar-refractivity contribution < 1.29 is 4.79 Å². The second-order valence-corrected chi connectivity index (χ2v) is 7.79. The molecular formula is C23H22N4O3. The molecule has 0 unspecified atom stereocenters. The number of hydrogen-bond acceptors (Lipinski definition) is 4. The first-order valence-corrected chi connectivity index (χ1v) is 9.74. The van der Waals surface area contributed by atoms with E-state index in [0.717, 1.165) is 0 Å². The van der Waals surface area contributed by atoms with Gasteiger partial charge in [-0.05, 0) is 30.2 Å². The molecule has 0 aliphatic heterocycles. The van der Waals surface area contributed by atoms with E-state index in [1.54, 1.807) is 60.3 Å². The van der Waals surface area contributed by atoms with E-state index in [9.17, 15) is 14.4 Å². The highest BCUT2D eigenvalue weighted by molar-refractivity contribution is 6.12. The number of hydrogen-bond donors (Lipinski definition) is 1. The number of benzene rings is 2. The van der Waals surface area contributed by atoms with Gasteiger partial charge in [0.15, 0.2) is 0 Å². The van der Waals surface area contributed by atoms with E-state index in [2.05, 4.69) is 10.3 Å². The molecule has 2 aromatic carbocycles. The quantitative estimate of drug-likeness (QED) is 0.568. The number of nitrogens with one attached hydrogen (secondary N) is 1. The van der Waals surface area contributed by atoms with Crippen molar-refractivity contribution in [3.63, 3.8) is 0 Å². The summed E-state index contributed by atoms with van der Waals surface area (Å²) in [5, 5.41) is 4.38. The number of rotatable bonds is 4. The average molecular weight is 402 g/mol. The summed E-state index contributed by atoms with van der Waals surface area (Å²) in [6, 6.07) is 12.1. The normalized spacial score (nSPS) is 11.3. The average Bonchev–Trinajstić information content (AvgIpc) is 2.73. The van der Waals surface area contributed by atoms with Crippen LogP contribution in [0, 0.1) is 5.92 Å². The fraction of sp³-hybridized carbons (Fsp3) is 0.217. The van der Waals surface area contributed by atoms with E-state index in [1.165, 1.54) is 10.9 Å². The summed E-state index contributed by atoms with van der Waals surface area (Å²) in [5.74, 6) is -0.0900. The topological polar surface area (TPSA) is 86.0 Å². The van der Waals surface area contributed by atoms with Gasteiger partial charge in [0, 0.05) is 36.2 Å². The monoisotopic (exact) mass is 402 g/mol. The number of pyridine rings is 1. The van der Waals surface area contributed by atoms with E-state index >= 15 is 0 Å². The molecule has 0 saturated heterocycles. The lowest BCUT2D eigenvalue weighted by atomic mass is 10.1. The molecule has 4 rings (SSSR count). The highest BCUT2D eigenvalue weighted by atomic mass is 16.2. The van der Waals surface area contributed by atoms with Crippen LogP contribution in [0.1, 0.15) is 24.2 Å². The van der Waals surface area contributed by atoms with Crippen LogP contribution in [-0.4, -0.2) is 20.0 Å². The third kappa shape index (κ3) is 3.50. The van der Waals surface area contributed by atoms with Crippen LogP contribution in [0.25, 0.3) is 21.7 Å². The van der Waals surface area contributed by atoms with E-state index in [-0.39, 0.29) is 22.9 Å². The largest absolute Gasteiger partial charge is 0.322 e. The van der Waals surface area contributed by atoms with Gasteiger partial charge in [0.2, 0.25) is 0 Å². The van der Waals surface area contributed by atoms with Crippen LogP contribution in [-0.2, 0) is 13.6 Å². The van der Waals surface area contributed by atoms with Crippen LogP contribution in [0.5, 0.6) is 0 Å². The van der Waals surface area contributed by atoms with Crippen molar-refractivity contribution in [2.75, 3.05) is 5.32 Å². The molecule has 7 heteroatoms. The maximum Gasteiger partial charge on any atom is 0.260 e. The minimum atomic E-state index is -0.344. The third-order valence-electron chi connectivity index (χ3n) is 4.98. The zero-order valence-corrected chi connectivity index (χ0v) is 17.0. The van der Waals surface area contributed by atoms with Crippen LogP contribution in [0.15, 0.2) is 64.6 Å². The minimum absolute atomic E-state index is 0.115. The molecule has 0 fully saturated rings. The Morgan fingerprint density at radius 2 is 1.77 bits per heavy atom. The zero-order valence-electron chi connectivity index (χ0n) is 17.0. The highest BCUT2D eigenvalue weighted by Gasteiger charge is 2.16. The van der Waals surface area contributed by atoms with Gasteiger partial charge < -0.3 is 14.5 Å². The Hall–Kier alpha value is -3.74. The molecule has 2 aromatic heterocycles. The Morgan fingerprint density at radius 3 is 2.50 bits per heavy atom. The fourth-order valence-electron chi connectivity index (χ4n) is 3.54. The smallest absolute Gasteiger partial charge is 0.260 e. The van der Waals surface area contributed by atoms with Crippen molar-refractivity contribution in [2.45, 2.75) is 20.4 Å². The van der Waals surface area contributed by atoms with Crippen molar-refractivity contribution in [3.8, 4) is 0 Å². The summed E-state index contributed by atoms with van der Waals surface area (Å²) < 4.78 is 2.98. The summed E-state index contributed by atoms with van der Waals surface area (Å²) in [7, 11) is 1.63. The van der Waals surface area contributed by atoms with Gasteiger partial charge in [-0.2, -0.15) is 0 Å². The molecule has 0 spiro atoms. The standard InChI is InChI=1S/C23H22N4O3/c1-14(2)11-27-12-19(16-6-4-5-7-17(16)23(27)30)21(28)25-15-8-9-20-18(10-15)22(29)26(3)13-24-20/h4-10,12-14H,11H2,1-3H3,(H,25,28). The summed E-state index contributed by atoms with van der Waals surface area (Å²) in [4.78, 5) is 42.5. The van der Waals surface area contributed by atoms with Crippen molar-refractivity contribution >= 4 is 33.3 Å². The Morgan fingerprint density at radius 1 is 1.03 bits per heavy atom. The van der Waals surface area contributed by atoms with E-state index < -0.39 is 0 Å². The van der Waals surface area contributed by atoms with Gasteiger partial charge >= 0.3 is 0 Å². The van der Waals surface area contributed by atoms with E-state index in [0.29, 0.717) is 39.5 Å². The molecule has 7 nitrogen and oxygen atoms in total.